The van der Waals surface area contributed by atoms with Crippen LogP contribution in [-0.2, 0) is 12.7 Å². The Morgan fingerprint density at radius 2 is 1.93 bits per heavy atom. The second-order valence-electron chi connectivity index (χ2n) is 6.16. The van der Waals surface area contributed by atoms with Crippen molar-refractivity contribution in [2.45, 2.75) is 24.7 Å². The molecule has 0 aliphatic carbocycles. The molecule has 1 heterocycles. The Morgan fingerprint density at radius 1 is 1.17 bits per heavy atom. The Labute approximate surface area is 167 Å². The summed E-state index contributed by atoms with van der Waals surface area (Å²) in [6.45, 7) is 1.78. The van der Waals surface area contributed by atoms with Gasteiger partial charge >= 0.3 is 6.18 Å². The monoisotopic (exact) mass is 424 g/mol. The SMILES string of the molecule is CCSc1[nH]c2cc(C(F)(F)F)ccc2c(=O)c1C(=O)NCc1cccc(F)c1. The lowest BCUT2D eigenvalue weighted by Gasteiger charge is -2.13. The molecule has 0 bridgehead atoms. The largest absolute Gasteiger partial charge is 0.416 e. The highest BCUT2D eigenvalue weighted by Gasteiger charge is 2.31. The third kappa shape index (κ3) is 4.61. The van der Waals surface area contributed by atoms with Crippen LogP contribution in [0.15, 0.2) is 52.3 Å². The van der Waals surface area contributed by atoms with Gasteiger partial charge < -0.3 is 10.3 Å². The summed E-state index contributed by atoms with van der Waals surface area (Å²) in [4.78, 5) is 28.3. The van der Waals surface area contributed by atoms with Gasteiger partial charge in [0.25, 0.3) is 5.91 Å². The van der Waals surface area contributed by atoms with Crippen LogP contribution in [0, 0.1) is 5.82 Å². The van der Waals surface area contributed by atoms with Gasteiger partial charge in [-0.25, -0.2) is 4.39 Å². The van der Waals surface area contributed by atoms with Crippen molar-refractivity contribution in [3.05, 3.63) is 75.2 Å². The van der Waals surface area contributed by atoms with Crippen LogP contribution in [0.1, 0.15) is 28.4 Å². The molecule has 1 aromatic heterocycles. The summed E-state index contributed by atoms with van der Waals surface area (Å²) < 4.78 is 52.2. The van der Waals surface area contributed by atoms with Gasteiger partial charge in [-0.1, -0.05) is 19.1 Å². The fraction of sp³-hybridized carbons (Fsp3) is 0.200. The third-order valence-electron chi connectivity index (χ3n) is 4.15. The number of hydrogen-bond donors (Lipinski definition) is 2. The van der Waals surface area contributed by atoms with E-state index in [1.807, 2.05) is 0 Å². The number of alkyl halides is 3. The molecule has 2 aromatic carbocycles. The van der Waals surface area contributed by atoms with E-state index in [1.54, 1.807) is 13.0 Å². The predicted octanol–water partition coefficient (Wildman–Crippen LogP) is 4.73. The van der Waals surface area contributed by atoms with Gasteiger partial charge in [-0.3, -0.25) is 9.59 Å². The predicted molar refractivity (Wildman–Crippen MR) is 104 cm³/mol. The molecule has 0 unspecified atom stereocenters. The van der Waals surface area contributed by atoms with Crippen LogP contribution in [0.3, 0.4) is 0 Å². The number of rotatable bonds is 5. The number of halogens is 4. The Hall–Kier alpha value is -2.81. The molecule has 3 rings (SSSR count). The molecule has 1 amide bonds. The van der Waals surface area contributed by atoms with Crippen LogP contribution in [-0.4, -0.2) is 16.6 Å². The maximum absolute atomic E-state index is 13.3. The maximum Gasteiger partial charge on any atom is 0.416 e. The molecule has 2 N–H and O–H groups in total. The number of fused-ring (bicyclic) bond motifs is 1. The minimum Gasteiger partial charge on any atom is -0.349 e. The highest BCUT2D eigenvalue weighted by molar-refractivity contribution is 7.99. The molecular weight excluding hydrogens is 408 g/mol. The second kappa shape index (κ2) is 8.28. The van der Waals surface area contributed by atoms with Crippen LogP contribution < -0.4 is 10.7 Å². The average Bonchev–Trinajstić information content (AvgIpc) is 2.65. The van der Waals surface area contributed by atoms with Crippen LogP contribution in [0.2, 0.25) is 0 Å². The molecule has 3 aromatic rings. The number of carbonyl (C=O) groups excluding carboxylic acids is 1. The topological polar surface area (TPSA) is 62.0 Å². The van der Waals surface area contributed by atoms with E-state index >= 15 is 0 Å². The summed E-state index contributed by atoms with van der Waals surface area (Å²) in [7, 11) is 0. The fourth-order valence-electron chi connectivity index (χ4n) is 2.82. The molecule has 4 nitrogen and oxygen atoms in total. The maximum atomic E-state index is 13.3. The van der Waals surface area contributed by atoms with Gasteiger partial charge in [0.05, 0.1) is 16.1 Å². The van der Waals surface area contributed by atoms with Gasteiger partial charge in [0.1, 0.15) is 11.4 Å². The van der Waals surface area contributed by atoms with E-state index in [1.165, 1.54) is 18.2 Å². The molecule has 0 radical (unpaired) electrons. The van der Waals surface area contributed by atoms with E-state index in [2.05, 4.69) is 10.3 Å². The average molecular weight is 424 g/mol. The molecule has 0 spiro atoms. The fourth-order valence-corrected chi connectivity index (χ4v) is 3.62. The van der Waals surface area contributed by atoms with Crippen molar-refractivity contribution in [3.63, 3.8) is 0 Å². The lowest BCUT2D eigenvalue weighted by atomic mass is 10.1. The summed E-state index contributed by atoms with van der Waals surface area (Å²) in [5.41, 5.74) is -1.23. The van der Waals surface area contributed by atoms with Crippen molar-refractivity contribution in [1.82, 2.24) is 10.3 Å². The molecule has 0 saturated heterocycles. The lowest BCUT2D eigenvalue weighted by Crippen LogP contribution is -2.29. The van der Waals surface area contributed by atoms with Gasteiger partial charge in [0, 0.05) is 11.9 Å². The van der Waals surface area contributed by atoms with E-state index in [0.717, 1.165) is 30.0 Å². The van der Waals surface area contributed by atoms with E-state index in [0.29, 0.717) is 11.3 Å². The van der Waals surface area contributed by atoms with Gasteiger partial charge in [-0.05, 0) is 41.6 Å². The number of carbonyl (C=O) groups is 1. The van der Waals surface area contributed by atoms with Crippen LogP contribution in [0.5, 0.6) is 0 Å². The number of H-pyrrole nitrogens is 1. The first-order valence-corrected chi connectivity index (χ1v) is 9.62. The lowest BCUT2D eigenvalue weighted by molar-refractivity contribution is -0.137. The highest BCUT2D eigenvalue weighted by Crippen LogP contribution is 2.31. The molecule has 0 aliphatic rings. The summed E-state index contributed by atoms with van der Waals surface area (Å²) in [6.07, 6.45) is -4.55. The van der Waals surface area contributed by atoms with Gasteiger partial charge in [-0.2, -0.15) is 13.2 Å². The minimum atomic E-state index is -4.55. The summed E-state index contributed by atoms with van der Waals surface area (Å²) in [6, 6.07) is 8.35. The molecule has 0 fully saturated rings. The number of amides is 1. The number of thioether (sulfide) groups is 1. The van der Waals surface area contributed by atoms with Crippen molar-refractivity contribution >= 4 is 28.6 Å². The molecule has 152 valence electrons. The molecule has 0 atom stereocenters. The molecule has 29 heavy (non-hydrogen) atoms. The zero-order valence-electron chi connectivity index (χ0n) is 15.2. The smallest absolute Gasteiger partial charge is 0.349 e. The van der Waals surface area contributed by atoms with Crippen LogP contribution in [0.25, 0.3) is 10.9 Å². The minimum absolute atomic E-state index is 0.00227. The van der Waals surface area contributed by atoms with Crippen LogP contribution >= 0.6 is 11.8 Å². The first-order chi connectivity index (χ1) is 13.7. The van der Waals surface area contributed by atoms with E-state index in [9.17, 15) is 27.2 Å². The first-order valence-electron chi connectivity index (χ1n) is 8.63. The first kappa shape index (κ1) is 20.9. The Bertz CT molecular complexity index is 1130. The standard InChI is InChI=1S/C20H16F4N2O2S/c1-2-29-19-16(18(28)25-10-11-4-3-5-13(21)8-11)17(27)14-7-6-12(20(22,23)24)9-15(14)26-19/h3-9H,2,10H2,1H3,(H,25,28)(H,26,27). The number of aromatic nitrogens is 1. The van der Waals surface area contributed by atoms with Crippen molar-refractivity contribution in [2.24, 2.45) is 0 Å². The molecule has 9 heteroatoms. The van der Waals surface area contributed by atoms with Crippen molar-refractivity contribution in [2.75, 3.05) is 5.75 Å². The van der Waals surface area contributed by atoms with Gasteiger partial charge in [0.15, 0.2) is 0 Å². The number of benzene rings is 2. The molecule has 0 aliphatic heterocycles. The summed E-state index contributed by atoms with van der Waals surface area (Å²) in [5.74, 6) is -0.652. The second-order valence-corrected chi connectivity index (χ2v) is 7.44. The van der Waals surface area contributed by atoms with E-state index < -0.39 is 28.9 Å². The number of nitrogens with one attached hydrogen (secondary N) is 2. The quantitative estimate of drug-likeness (QED) is 0.460. The van der Waals surface area contributed by atoms with Crippen molar-refractivity contribution in [1.29, 1.82) is 0 Å². The third-order valence-corrected chi connectivity index (χ3v) is 5.04. The van der Waals surface area contributed by atoms with Gasteiger partial charge in [-0.15, -0.1) is 11.8 Å². The highest BCUT2D eigenvalue weighted by atomic mass is 32.2. The molecule has 0 saturated carbocycles. The van der Waals surface area contributed by atoms with Crippen LogP contribution in [0.4, 0.5) is 17.6 Å². The summed E-state index contributed by atoms with van der Waals surface area (Å²) in [5, 5.41) is 2.73. The van der Waals surface area contributed by atoms with Crippen molar-refractivity contribution in [3.8, 4) is 0 Å². The Morgan fingerprint density at radius 3 is 2.59 bits per heavy atom. The van der Waals surface area contributed by atoms with E-state index in [4.69, 9.17) is 0 Å². The van der Waals surface area contributed by atoms with E-state index in [-0.39, 0.29) is 28.0 Å². The Kier molecular flexibility index (Phi) is 5.97. The Balaban J connectivity index is 2.01. The van der Waals surface area contributed by atoms with Gasteiger partial charge in [0.2, 0.25) is 5.43 Å². The number of pyridine rings is 1. The normalized spacial score (nSPS) is 11.6. The molecular formula is C20H16F4N2O2S. The number of aromatic amines is 1. The zero-order chi connectivity index (χ0) is 21.2. The van der Waals surface area contributed by atoms with Crippen molar-refractivity contribution < 1.29 is 22.4 Å². The summed E-state index contributed by atoms with van der Waals surface area (Å²) >= 11 is 1.14. The number of hydrogen-bond acceptors (Lipinski definition) is 3. The zero-order valence-corrected chi connectivity index (χ0v) is 16.0.